The zero-order valence-electron chi connectivity index (χ0n) is 21.7. The lowest BCUT2D eigenvalue weighted by atomic mass is 9.93. The Kier molecular flexibility index (Phi) is 8.53. The first-order chi connectivity index (χ1) is 17.6. The lowest BCUT2D eigenvalue weighted by molar-refractivity contribution is -0.144. The Balaban J connectivity index is 1.25. The molecule has 0 amide bonds. The molecule has 13 heteroatoms. The number of hydrogen-bond donors (Lipinski definition) is 0. The summed E-state index contributed by atoms with van der Waals surface area (Å²) in [4.78, 5) is 25.2. The third kappa shape index (κ3) is 7.10. The van der Waals surface area contributed by atoms with Crippen LogP contribution in [-0.4, -0.2) is 81.3 Å². The number of nitrogens with zero attached hydrogens (tertiary/aromatic N) is 5. The molecule has 4 heterocycles. The third-order valence-electron chi connectivity index (χ3n) is 6.66. The lowest BCUT2D eigenvalue weighted by Gasteiger charge is -2.32. The zero-order chi connectivity index (χ0) is 26.6. The summed E-state index contributed by atoms with van der Waals surface area (Å²) in [5, 5.41) is 4.19. The van der Waals surface area contributed by atoms with Crippen molar-refractivity contribution >= 4 is 27.9 Å². The fourth-order valence-corrected chi connectivity index (χ4v) is 5.43. The van der Waals surface area contributed by atoms with E-state index in [-0.39, 0.29) is 24.1 Å². The van der Waals surface area contributed by atoms with Crippen LogP contribution >= 0.6 is 0 Å². The molecule has 0 aliphatic carbocycles. The van der Waals surface area contributed by atoms with E-state index in [0.29, 0.717) is 49.2 Å². The fraction of sp³-hybridized carbons (Fsp3) is 0.667. The summed E-state index contributed by atoms with van der Waals surface area (Å²) in [6.07, 6.45) is 6.94. The molecule has 2 aromatic rings. The van der Waals surface area contributed by atoms with Crippen LogP contribution in [0.5, 0.6) is 5.75 Å². The average molecular weight is 538 g/mol. The van der Waals surface area contributed by atoms with Gasteiger partial charge in [0.2, 0.25) is 5.95 Å². The second kappa shape index (κ2) is 11.6. The van der Waals surface area contributed by atoms with E-state index in [4.69, 9.17) is 18.2 Å². The minimum Gasteiger partial charge on any atom is -0.487 e. The first-order valence-electron chi connectivity index (χ1n) is 12.5. The number of aromatic nitrogens is 3. The van der Waals surface area contributed by atoms with Gasteiger partial charge in [0.1, 0.15) is 12.0 Å². The fourth-order valence-electron chi connectivity index (χ4n) is 4.75. The predicted molar refractivity (Wildman–Crippen MR) is 135 cm³/mol. The van der Waals surface area contributed by atoms with Gasteiger partial charge in [0.25, 0.3) is 10.1 Å². The number of rotatable bonds is 9. The van der Waals surface area contributed by atoms with Crippen LogP contribution in [0.3, 0.4) is 0 Å². The highest BCUT2D eigenvalue weighted by Crippen LogP contribution is 2.30. The van der Waals surface area contributed by atoms with E-state index in [0.717, 1.165) is 32.2 Å². The largest absolute Gasteiger partial charge is 0.487 e. The van der Waals surface area contributed by atoms with Crippen molar-refractivity contribution in [1.29, 1.82) is 0 Å². The highest BCUT2D eigenvalue weighted by Gasteiger charge is 2.31. The number of esters is 1. The Morgan fingerprint density at radius 3 is 2.19 bits per heavy atom. The van der Waals surface area contributed by atoms with E-state index in [2.05, 4.69) is 20.0 Å². The molecule has 1 atom stereocenters. The number of hydrogen-bond acceptors (Lipinski definition) is 12. The number of piperidine rings is 2. The van der Waals surface area contributed by atoms with Crippen LogP contribution in [0.15, 0.2) is 23.0 Å². The lowest BCUT2D eigenvalue weighted by Crippen LogP contribution is -2.39. The van der Waals surface area contributed by atoms with Crippen LogP contribution in [0.1, 0.15) is 51.2 Å². The van der Waals surface area contributed by atoms with Gasteiger partial charge in [-0.25, -0.2) is 9.97 Å². The van der Waals surface area contributed by atoms with E-state index in [1.165, 1.54) is 7.11 Å². The topological polar surface area (TPSA) is 137 Å². The van der Waals surface area contributed by atoms with Gasteiger partial charge in [-0.05, 0) is 18.8 Å². The van der Waals surface area contributed by atoms with E-state index < -0.39 is 16.0 Å². The monoisotopic (exact) mass is 537 g/mol. The van der Waals surface area contributed by atoms with Crippen LogP contribution in [0.2, 0.25) is 0 Å². The number of methoxy groups -OCH3 is 1. The van der Waals surface area contributed by atoms with Crippen LogP contribution in [0.25, 0.3) is 0 Å². The first-order valence-corrected chi connectivity index (χ1v) is 14.4. The van der Waals surface area contributed by atoms with Crippen molar-refractivity contribution in [2.75, 3.05) is 49.3 Å². The van der Waals surface area contributed by atoms with Crippen LogP contribution in [0, 0.1) is 5.92 Å². The van der Waals surface area contributed by atoms with Crippen molar-refractivity contribution in [3.63, 3.8) is 0 Å². The maximum atomic E-state index is 12.1. The normalized spacial score (nSPS) is 18.7. The Labute approximate surface area is 217 Å². The van der Waals surface area contributed by atoms with Crippen molar-refractivity contribution < 1.29 is 31.4 Å². The summed E-state index contributed by atoms with van der Waals surface area (Å²) >= 11 is 0. The number of carbonyl (C=O) groups is 1. The molecule has 2 aromatic heterocycles. The van der Waals surface area contributed by atoms with Crippen LogP contribution in [0.4, 0.5) is 11.8 Å². The molecule has 2 saturated heterocycles. The molecule has 0 aromatic carbocycles. The summed E-state index contributed by atoms with van der Waals surface area (Å²) in [5.41, 5.74) is 0. The molecule has 204 valence electrons. The van der Waals surface area contributed by atoms with Gasteiger partial charge in [-0.15, -0.1) is 0 Å². The number of anilines is 2. The molecule has 0 radical (unpaired) electrons. The van der Waals surface area contributed by atoms with Crippen molar-refractivity contribution in [2.45, 2.75) is 57.7 Å². The predicted octanol–water partition coefficient (Wildman–Crippen LogP) is 2.37. The molecule has 0 spiro atoms. The third-order valence-corrected chi connectivity index (χ3v) is 7.28. The second-order valence-corrected chi connectivity index (χ2v) is 11.4. The van der Waals surface area contributed by atoms with Gasteiger partial charge >= 0.3 is 5.97 Å². The Morgan fingerprint density at radius 2 is 1.62 bits per heavy atom. The molecule has 0 bridgehead atoms. The van der Waals surface area contributed by atoms with Gasteiger partial charge < -0.3 is 23.8 Å². The number of ether oxygens (including phenoxy) is 2. The zero-order valence-corrected chi connectivity index (χ0v) is 22.5. The Hall–Kier alpha value is -2.93. The Morgan fingerprint density at radius 1 is 1.03 bits per heavy atom. The van der Waals surface area contributed by atoms with Crippen molar-refractivity contribution in [1.82, 2.24) is 15.1 Å². The SMILES string of the molecule is COC(=O)C(c1cc(N2CCC(Oc3cnc(N4CCC(OS(C)(=O)=O)CC4)nc3)CC2)no1)C(C)C. The molecule has 0 N–H and O–H groups in total. The minimum absolute atomic E-state index is 0.0273. The molecular weight excluding hydrogens is 502 g/mol. The van der Waals surface area contributed by atoms with Gasteiger partial charge in [0.05, 0.1) is 31.9 Å². The molecule has 12 nitrogen and oxygen atoms in total. The van der Waals surface area contributed by atoms with E-state index in [9.17, 15) is 13.2 Å². The van der Waals surface area contributed by atoms with Crippen molar-refractivity contribution in [3.05, 3.63) is 24.2 Å². The summed E-state index contributed by atoms with van der Waals surface area (Å²) < 4.78 is 44.3. The molecule has 0 saturated carbocycles. The molecule has 4 rings (SSSR count). The molecule has 2 fully saturated rings. The van der Waals surface area contributed by atoms with Crippen molar-refractivity contribution in [2.24, 2.45) is 5.92 Å². The first kappa shape index (κ1) is 27.1. The van der Waals surface area contributed by atoms with Gasteiger partial charge in [0, 0.05) is 45.1 Å². The molecular formula is C24H35N5O7S. The number of carbonyl (C=O) groups excluding carboxylic acids is 1. The van der Waals surface area contributed by atoms with Gasteiger partial charge in [-0.3, -0.25) is 8.98 Å². The maximum Gasteiger partial charge on any atom is 0.316 e. The molecule has 2 aliphatic heterocycles. The highest BCUT2D eigenvalue weighted by molar-refractivity contribution is 7.86. The van der Waals surface area contributed by atoms with E-state index >= 15 is 0 Å². The van der Waals surface area contributed by atoms with Crippen LogP contribution in [-0.2, 0) is 23.8 Å². The average Bonchev–Trinajstić information content (AvgIpc) is 3.34. The minimum atomic E-state index is -3.45. The maximum absolute atomic E-state index is 12.1. The van der Waals surface area contributed by atoms with E-state index in [1.54, 1.807) is 12.4 Å². The molecule has 37 heavy (non-hydrogen) atoms. The quantitative estimate of drug-likeness (QED) is 0.343. The Bertz CT molecular complexity index is 1140. The van der Waals surface area contributed by atoms with Crippen molar-refractivity contribution in [3.8, 4) is 5.75 Å². The standard InChI is InChI=1S/C24H35N5O7S/c1-16(2)22(23(30)33-3)20-13-21(27-35-20)28-9-5-17(6-10-28)34-19-14-25-24(26-15-19)29-11-7-18(8-12-29)36-37(4,31)32/h13-18,22H,5-12H2,1-4H3. The molecule has 1 unspecified atom stereocenters. The summed E-state index contributed by atoms with van der Waals surface area (Å²) in [6.45, 7) is 6.62. The summed E-state index contributed by atoms with van der Waals surface area (Å²) in [5.74, 6) is 1.64. The van der Waals surface area contributed by atoms with Gasteiger partial charge in [-0.1, -0.05) is 19.0 Å². The summed E-state index contributed by atoms with van der Waals surface area (Å²) in [7, 11) is -2.07. The van der Waals surface area contributed by atoms with E-state index in [1.807, 2.05) is 24.8 Å². The van der Waals surface area contributed by atoms with Crippen LogP contribution < -0.4 is 14.5 Å². The van der Waals surface area contributed by atoms with Gasteiger partial charge in [0.15, 0.2) is 17.3 Å². The smallest absolute Gasteiger partial charge is 0.316 e. The molecule has 2 aliphatic rings. The van der Waals surface area contributed by atoms with Gasteiger partial charge in [-0.2, -0.15) is 8.42 Å². The summed E-state index contributed by atoms with van der Waals surface area (Å²) in [6, 6.07) is 1.82. The second-order valence-electron chi connectivity index (χ2n) is 9.84. The highest BCUT2D eigenvalue weighted by atomic mass is 32.2.